The summed E-state index contributed by atoms with van der Waals surface area (Å²) in [5.74, 6) is 1.17. The summed E-state index contributed by atoms with van der Waals surface area (Å²) in [6, 6.07) is 7.78. The molecule has 1 aromatic carbocycles. The van der Waals surface area contributed by atoms with Gasteiger partial charge in [-0.2, -0.15) is 0 Å². The van der Waals surface area contributed by atoms with E-state index in [1.165, 1.54) is 5.56 Å². The van der Waals surface area contributed by atoms with Gasteiger partial charge in [0.25, 0.3) is 0 Å². The highest BCUT2D eigenvalue weighted by molar-refractivity contribution is 6.35. The monoisotopic (exact) mass is 305 g/mol. The zero-order valence-corrected chi connectivity index (χ0v) is 12.5. The van der Waals surface area contributed by atoms with Crippen LogP contribution in [0.2, 0.25) is 5.02 Å². The molecule has 0 amide bonds. The van der Waals surface area contributed by atoms with Gasteiger partial charge >= 0.3 is 0 Å². The largest absolute Gasteiger partial charge is 0.322 e. The predicted octanol–water partition coefficient (Wildman–Crippen LogP) is 4.18. The maximum atomic E-state index is 6.20. The summed E-state index contributed by atoms with van der Waals surface area (Å²) in [5.41, 5.74) is 4.14. The standard InChI is InChI=1S/C15H13Cl2N3/c1-10-5-6-18-8-11(10)9-20-13-4-2-3-12(17)15(13)19-14(20)7-16/h2-6,8H,7,9H2,1H3. The molecular weight excluding hydrogens is 293 g/mol. The zero-order chi connectivity index (χ0) is 14.1. The molecule has 0 radical (unpaired) electrons. The van der Waals surface area contributed by atoms with Crippen molar-refractivity contribution in [1.82, 2.24) is 14.5 Å². The molecular formula is C15H13Cl2N3. The molecule has 20 heavy (non-hydrogen) atoms. The Hall–Kier alpha value is -1.58. The van der Waals surface area contributed by atoms with Crippen molar-refractivity contribution in [2.45, 2.75) is 19.3 Å². The second-order valence-corrected chi connectivity index (χ2v) is 5.33. The Morgan fingerprint density at radius 3 is 2.85 bits per heavy atom. The fourth-order valence-corrected chi connectivity index (χ4v) is 2.69. The van der Waals surface area contributed by atoms with Gasteiger partial charge in [0.2, 0.25) is 0 Å². The number of aryl methyl sites for hydroxylation is 1. The minimum atomic E-state index is 0.352. The van der Waals surface area contributed by atoms with Crippen LogP contribution >= 0.6 is 23.2 Å². The third-order valence-electron chi connectivity index (χ3n) is 3.40. The van der Waals surface area contributed by atoms with Crippen LogP contribution in [0.4, 0.5) is 0 Å². The molecule has 0 unspecified atom stereocenters. The van der Waals surface area contributed by atoms with E-state index in [9.17, 15) is 0 Å². The van der Waals surface area contributed by atoms with Gasteiger partial charge in [-0.05, 0) is 36.2 Å². The number of para-hydroxylation sites is 1. The topological polar surface area (TPSA) is 30.7 Å². The van der Waals surface area contributed by atoms with Gasteiger partial charge in [0.15, 0.2) is 0 Å². The average Bonchev–Trinajstić information content (AvgIpc) is 2.81. The summed E-state index contributed by atoms with van der Waals surface area (Å²) >= 11 is 12.2. The molecule has 3 nitrogen and oxygen atoms in total. The second-order valence-electron chi connectivity index (χ2n) is 4.66. The van der Waals surface area contributed by atoms with Crippen molar-refractivity contribution in [3.63, 3.8) is 0 Å². The Morgan fingerprint density at radius 2 is 2.10 bits per heavy atom. The lowest BCUT2D eigenvalue weighted by Gasteiger charge is -2.09. The van der Waals surface area contributed by atoms with Crippen LogP contribution in [0.15, 0.2) is 36.7 Å². The number of imidazole rings is 1. The van der Waals surface area contributed by atoms with E-state index in [1.54, 1.807) is 6.20 Å². The highest BCUT2D eigenvalue weighted by atomic mass is 35.5. The van der Waals surface area contributed by atoms with Gasteiger partial charge in [-0.1, -0.05) is 17.7 Å². The number of benzene rings is 1. The lowest BCUT2D eigenvalue weighted by molar-refractivity contribution is 0.771. The van der Waals surface area contributed by atoms with Crippen molar-refractivity contribution in [2.24, 2.45) is 0 Å². The van der Waals surface area contributed by atoms with E-state index in [0.29, 0.717) is 17.4 Å². The molecule has 3 aromatic rings. The van der Waals surface area contributed by atoms with Crippen LogP contribution in [0.5, 0.6) is 0 Å². The van der Waals surface area contributed by atoms with E-state index in [4.69, 9.17) is 23.2 Å². The molecule has 0 aliphatic rings. The maximum Gasteiger partial charge on any atom is 0.125 e. The first kappa shape index (κ1) is 13.4. The number of fused-ring (bicyclic) bond motifs is 1. The third-order valence-corrected chi connectivity index (χ3v) is 3.95. The van der Waals surface area contributed by atoms with Gasteiger partial charge in [0.1, 0.15) is 11.3 Å². The van der Waals surface area contributed by atoms with Crippen molar-refractivity contribution >= 4 is 34.2 Å². The minimum absolute atomic E-state index is 0.352. The SMILES string of the molecule is Cc1ccncc1Cn1c(CCl)nc2c(Cl)cccc21. The van der Waals surface area contributed by atoms with Crippen LogP contribution in [0, 0.1) is 6.92 Å². The number of hydrogen-bond donors (Lipinski definition) is 0. The third kappa shape index (κ3) is 2.28. The fourth-order valence-electron chi connectivity index (χ4n) is 2.27. The van der Waals surface area contributed by atoms with Crippen LogP contribution in [0.25, 0.3) is 11.0 Å². The number of pyridine rings is 1. The van der Waals surface area contributed by atoms with Crippen molar-refractivity contribution in [1.29, 1.82) is 0 Å². The number of hydrogen-bond acceptors (Lipinski definition) is 2. The van der Waals surface area contributed by atoms with E-state index in [0.717, 1.165) is 22.4 Å². The molecule has 5 heteroatoms. The van der Waals surface area contributed by atoms with Crippen molar-refractivity contribution < 1.29 is 0 Å². The normalized spacial score (nSPS) is 11.2. The second kappa shape index (κ2) is 5.43. The fraction of sp³-hybridized carbons (Fsp3) is 0.200. The Morgan fingerprint density at radius 1 is 1.25 bits per heavy atom. The molecule has 0 N–H and O–H groups in total. The summed E-state index contributed by atoms with van der Waals surface area (Å²) in [7, 11) is 0. The van der Waals surface area contributed by atoms with Gasteiger partial charge in [0.05, 0.1) is 23.0 Å². The molecule has 0 atom stereocenters. The molecule has 0 spiro atoms. The number of alkyl halides is 1. The Labute approximate surface area is 127 Å². The molecule has 3 rings (SSSR count). The van der Waals surface area contributed by atoms with E-state index < -0.39 is 0 Å². The van der Waals surface area contributed by atoms with Crippen LogP contribution < -0.4 is 0 Å². The number of nitrogens with zero attached hydrogens (tertiary/aromatic N) is 3. The molecule has 0 fully saturated rings. The highest BCUT2D eigenvalue weighted by Gasteiger charge is 2.13. The number of rotatable bonds is 3. The first-order valence-electron chi connectivity index (χ1n) is 6.30. The number of halogens is 2. The smallest absolute Gasteiger partial charge is 0.125 e. The highest BCUT2D eigenvalue weighted by Crippen LogP contribution is 2.25. The first-order valence-corrected chi connectivity index (χ1v) is 7.21. The van der Waals surface area contributed by atoms with Gasteiger partial charge in [-0.3, -0.25) is 4.98 Å². The Balaban J connectivity index is 2.15. The van der Waals surface area contributed by atoms with Crippen LogP contribution in [0.3, 0.4) is 0 Å². The average molecular weight is 306 g/mol. The number of aromatic nitrogens is 3. The summed E-state index contributed by atoms with van der Waals surface area (Å²) < 4.78 is 2.10. The van der Waals surface area contributed by atoms with E-state index in [1.807, 2.05) is 30.5 Å². The lowest BCUT2D eigenvalue weighted by atomic mass is 10.1. The van der Waals surface area contributed by atoms with E-state index >= 15 is 0 Å². The lowest BCUT2D eigenvalue weighted by Crippen LogP contribution is -2.05. The maximum absolute atomic E-state index is 6.20. The van der Waals surface area contributed by atoms with Crippen LogP contribution in [-0.4, -0.2) is 14.5 Å². The zero-order valence-electron chi connectivity index (χ0n) is 11.0. The molecule has 2 heterocycles. The van der Waals surface area contributed by atoms with E-state index in [2.05, 4.69) is 21.5 Å². The Kier molecular flexibility index (Phi) is 3.64. The van der Waals surface area contributed by atoms with E-state index in [-0.39, 0.29) is 0 Å². The molecule has 0 aliphatic heterocycles. The predicted molar refractivity (Wildman–Crippen MR) is 82.4 cm³/mol. The summed E-state index contributed by atoms with van der Waals surface area (Å²) in [6.45, 7) is 2.77. The van der Waals surface area contributed by atoms with Crippen molar-refractivity contribution in [3.05, 3.63) is 58.6 Å². The van der Waals surface area contributed by atoms with Crippen LogP contribution in [0.1, 0.15) is 17.0 Å². The van der Waals surface area contributed by atoms with Gasteiger partial charge in [0, 0.05) is 12.4 Å². The summed E-state index contributed by atoms with van der Waals surface area (Å²) in [4.78, 5) is 8.72. The summed E-state index contributed by atoms with van der Waals surface area (Å²) in [6.07, 6.45) is 3.67. The van der Waals surface area contributed by atoms with Crippen molar-refractivity contribution in [2.75, 3.05) is 0 Å². The van der Waals surface area contributed by atoms with Crippen LogP contribution in [-0.2, 0) is 12.4 Å². The summed E-state index contributed by atoms with van der Waals surface area (Å²) in [5, 5.41) is 0.649. The Bertz CT molecular complexity index is 765. The van der Waals surface area contributed by atoms with Crippen molar-refractivity contribution in [3.8, 4) is 0 Å². The first-order chi connectivity index (χ1) is 9.70. The molecule has 2 aromatic heterocycles. The quantitative estimate of drug-likeness (QED) is 0.680. The molecule has 0 saturated heterocycles. The van der Waals surface area contributed by atoms with Gasteiger partial charge in [-0.25, -0.2) is 4.98 Å². The van der Waals surface area contributed by atoms with Gasteiger partial charge in [-0.15, -0.1) is 11.6 Å². The minimum Gasteiger partial charge on any atom is -0.322 e. The molecule has 0 saturated carbocycles. The van der Waals surface area contributed by atoms with Gasteiger partial charge < -0.3 is 4.57 Å². The molecule has 102 valence electrons. The molecule has 0 bridgehead atoms. The molecule has 0 aliphatic carbocycles.